The first-order valence-corrected chi connectivity index (χ1v) is 6.45. The highest BCUT2D eigenvalue weighted by atomic mass is 35.5. The molecule has 0 aromatic heterocycles. The average Bonchev–Trinajstić information content (AvgIpc) is 2.27. The molecule has 0 unspecified atom stereocenters. The summed E-state index contributed by atoms with van der Waals surface area (Å²) in [6.45, 7) is 1.56. The monoisotopic (exact) mass is 268 g/mol. The Bertz CT molecular complexity index is 460. The molecule has 0 saturated carbocycles. The van der Waals surface area contributed by atoms with E-state index in [1.165, 1.54) is 11.8 Å². The Kier molecular flexibility index (Phi) is 5.96. The number of hydrogen-bond acceptors (Lipinski definition) is 3. The topological polar surface area (TPSA) is 26.3 Å². The van der Waals surface area contributed by atoms with Crippen molar-refractivity contribution in [2.45, 2.75) is 13.3 Å². The summed E-state index contributed by atoms with van der Waals surface area (Å²) in [7, 11) is 1.59. The fourth-order valence-electron chi connectivity index (χ4n) is 1.16. The van der Waals surface area contributed by atoms with Crippen molar-refractivity contribution in [3.63, 3.8) is 0 Å². The van der Waals surface area contributed by atoms with Crippen molar-refractivity contribution >= 4 is 28.5 Å². The Morgan fingerprint density at radius 3 is 2.88 bits per heavy atom. The van der Waals surface area contributed by atoms with Gasteiger partial charge in [0.1, 0.15) is 5.75 Å². The first-order chi connectivity index (χ1) is 8.11. The van der Waals surface area contributed by atoms with Crippen molar-refractivity contribution < 1.29 is 9.53 Å². The number of halogens is 1. The van der Waals surface area contributed by atoms with Crippen LogP contribution < -0.4 is 4.74 Å². The van der Waals surface area contributed by atoms with E-state index in [9.17, 15) is 4.79 Å². The minimum absolute atomic E-state index is 0.122. The second-order valence-electron chi connectivity index (χ2n) is 3.27. The van der Waals surface area contributed by atoms with Crippen LogP contribution in [0.15, 0.2) is 18.2 Å². The van der Waals surface area contributed by atoms with Gasteiger partial charge in [0, 0.05) is 29.7 Å². The van der Waals surface area contributed by atoms with E-state index in [-0.39, 0.29) is 5.12 Å². The third kappa shape index (κ3) is 5.67. The molecular weight excluding hydrogens is 256 g/mol. The zero-order chi connectivity index (χ0) is 12.7. The molecule has 0 aliphatic rings. The molecule has 0 amide bonds. The number of hydrogen-bond donors (Lipinski definition) is 0. The van der Waals surface area contributed by atoms with Crippen LogP contribution >= 0.6 is 23.4 Å². The Morgan fingerprint density at radius 2 is 2.24 bits per heavy atom. The zero-order valence-electron chi connectivity index (χ0n) is 9.75. The van der Waals surface area contributed by atoms with Gasteiger partial charge in [-0.3, -0.25) is 4.79 Å². The van der Waals surface area contributed by atoms with Crippen molar-refractivity contribution in [1.29, 1.82) is 0 Å². The van der Waals surface area contributed by atoms with Crippen LogP contribution in [0.5, 0.6) is 5.75 Å². The minimum Gasteiger partial charge on any atom is -0.497 e. The molecule has 0 spiro atoms. The first-order valence-electron chi connectivity index (χ1n) is 5.08. The molecule has 90 valence electrons. The average molecular weight is 269 g/mol. The van der Waals surface area contributed by atoms with E-state index in [0.29, 0.717) is 17.2 Å². The van der Waals surface area contributed by atoms with Gasteiger partial charge in [0.15, 0.2) is 5.12 Å². The van der Waals surface area contributed by atoms with Gasteiger partial charge in [0.05, 0.1) is 7.11 Å². The van der Waals surface area contributed by atoms with Crippen LogP contribution in [0.25, 0.3) is 0 Å². The number of carbonyl (C=O) groups is 1. The fraction of sp³-hybridized carbons (Fsp3) is 0.308. The third-order valence-electron chi connectivity index (χ3n) is 1.87. The largest absolute Gasteiger partial charge is 0.497 e. The number of methoxy groups -OCH3 is 1. The van der Waals surface area contributed by atoms with Crippen molar-refractivity contribution in [3.8, 4) is 17.6 Å². The number of ether oxygens (including phenoxy) is 1. The maximum atomic E-state index is 10.7. The first kappa shape index (κ1) is 14.0. The summed E-state index contributed by atoms with van der Waals surface area (Å²) >= 11 is 7.20. The molecule has 0 heterocycles. The van der Waals surface area contributed by atoms with Crippen LogP contribution in [0, 0.1) is 11.8 Å². The highest BCUT2D eigenvalue weighted by Crippen LogP contribution is 2.20. The molecule has 0 saturated heterocycles. The number of carbonyl (C=O) groups excluding carboxylic acids is 1. The van der Waals surface area contributed by atoms with E-state index in [2.05, 4.69) is 11.8 Å². The molecule has 1 aromatic rings. The van der Waals surface area contributed by atoms with Gasteiger partial charge < -0.3 is 4.74 Å². The molecule has 0 radical (unpaired) electrons. The van der Waals surface area contributed by atoms with Crippen LogP contribution in [0.3, 0.4) is 0 Å². The van der Waals surface area contributed by atoms with E-state index >= 15 is 0 Å². The lowest BCUT2D eigenvalue weighted by Crippen LogP contribution is -1.85. The maximum absolute atomic E-state index is 10.7. The molecule has 0 aliphatic carbocycles. The molecule has 0 atom stereocenters. The van der Waals surface area contributed by atoms with Crippen LogP contribution in [0.1, 0.15) is 18.9 Å². The number of benzene rings is 1. The van der Waals surface area contributed by atoms with Gasteiger partial charge in [-0.1, -0.05) is 35.2 Å². The van der Waals surface area contributed by atoms with E-state index < -0.39 is 0 Å². The fourth-order valence-corrected chi connectivity index (χ4v) is 1.88. The molecule has 4 heteroatoms. The SMILES string of the molecule is COc1cc(Cl)cc(C#CCCSC(C)=O)c1. The van der Waals surface area contributed by atoms with Gasteiger partial charge in [-0.2, -0.15) is 0 Å². The number of rotatable bonds is 3. The molecular formula is C13H13ClO2S. The zero-order valence-corrected chi connectivity index (χ0v) is 11.3. The molecule has 1 rings (SSSR count). The van der Waals surface area contributed by atoms with E-state index in [1.54, 1.807) is 26.2 Å². The molecule has 1 aromatic carbocycles. The van der Waals surface area contributed by atoms with Crippen LogP contribution in [-0.2, 0) is 4.79 Å². The Hall–Kier alpha value is -1.11. The van der Waals surface area contributed by atoms with Crippen molar-refractivity contribution in [3.05, 3.63) is 28.8 Å². The smallest absolute Gasteiger partial charge is 0.185 e. The molecule has 0 fully saturated rings. The summed E-state index contributed by atoms with van der Waals surface area (Å²) in [6, 6.07) is 5.35. The maximum Gasteiger partial charge on any atom is 0.185 e. The van der Waals surface area contributed by atoms with Crippen LogP contribution in [-0.4, -0.2) is 18.0 Å². The second kappa shape index (κ2) is 7.26. The van der Waals surface area contributed by atoms with E-state index in [1.807, 2.05) is 6.07 Å². The van der Waals surface area contributed by atoms with Crippen molar-refractivity contribution in [2.75, 3.05) is 12.9 Å². The summed E-state index contributed by atoms with van der Waals surface area (Å²) in [5.74, 6) is 7.41. The van der Waals surface area contributed by atoms with Gasteiger partial charge in [-0.15, -0.1) is 0 Å². The lowest BCUT2D eigenvalue weighted by atomic mass is 10.2. The summed E-state index contributed by atoms with van der Waals surface area (Å²) in [6.07, 6.45) is 0.680. The van der Waals surface area contributed by atoms with Gasteiger partial charge in [-0.05, 0) is 18.2 Å². The third-order valence-corrected chi connectivity index (χ3v) is 2.91. The molecule has 0 N–H and O–H groups in total. The predicted octanol–water partition coefficient (Wildman–Crippen LogP) is 3.37. The van der Waals surface area contributed by atoms with Crippen LogP contribution in [0.4, 0.5) is 0 Å². The Balaban J connectivity index is 2.59. The highest BCUT2D eigenvalue weighted by Gasteiger charge is 1.97. The Labute approximate surface area is 111 Å². The lowest BCUT2D eigenvalue weighted by molar-refractivity contribution is -0.109. The normalized spacial score (nSPS) is 9.35. The predicted molar refractivity (Wildman–Crippen MR) is 72.6 cm³/mol. The van der Waals surface area contributed by atoms with Crippen molar-refractivity contribution in [1.82, 2.24) is 0 Å². The standard InChI is InChI=1S/C13H13ClO2S/c1-10(15)17-6-4-3-5-11-7-12(14)9-13(8-11)16-2/h7-9H,4,6H2,1-2H3. The van der Waals surface area contributed by atoms with Gasteiger partial charge in [-0.25, -0.2) is 0 Å². The van der Waals surface area contributed by atoms with Gasteiger partial charge in [0.25, 0.3) is 0 Å². The van der Waals surface area contributed by atoms with Gasteiger partial charge in [0.2, 0.25) is 0 Å². The van der Waals surface area contributed by atoms with E-state index in [4.69, 9.17) is 16.3 Å². The summed E-state index contributed by atoms with van der Waals surface area (Å²) in [5.41, 5.74) is 0.821. The second-order valence-corrected chi connectivity index (χ2v) is 4.98. The summed E-state index contributed by atoms with van der Waals surface area (Å²) in [4.78, 5) is 10.7. The van der Waals surface area contributed by atoms with Crippen molar-refractivity contribution in [2.24, 2.45) is 0 Å². The van der Waals surface area contributed by atoms with Crippen LogP contribution in [0.2, 0.25) is 5.02 Å². The molecule has 0 bridgehead atoms. The van der Waals surface area contributed by atoms with Gasteiger partial charge >= 0.3 is 0 Å². The van der Waals surface area contributed by atoms with E-state index in [0.717, 1.165) is 11.3 Å². The molecule has 17 heavy (non-hydrogen) atoms. The summed E-state index contributed by atoms with van der Waals surface area (Å²) in [5, 5.41) is 0.725. The number of thioether (sulfide) groups is 1. The highest BCUT2D eigenvalue weighted by molar-refractivity contribution is 8.13. The summed E-state index contributed by atoms with van der Waals surface area (Å²) < 4.78 is 5.09. The molecule has 2 nitrogen and oxygen atoms in total. The molecule has 0 aliphatic heterocycles. The quantitative estimate of drug-likeness (QED) is 0.621. The minimum atomic E-state index is 0.122. The lowest BCUT2D eigenvalue weighted by Gasteiger charge is -2.00. The Morgan fingerprint density at radius 1 is 1.47 bits per heavy atom.